The van der Waals surface area contributed by atoms with Crippen LogP contribution in [0, 0.1) is 0 Å². The molecule has 2 aromatic rings. The van der Waals surface area contributed by atoms with Crippen LogP contribution in [0.2, 0.25) is 0 Å². The molecule has 1 aliphatic carbocycles. The van der Waals surface area contributed by atoms with Crippen LogP contribution in [0.1, 0.15) is 63.0 Å². The Hall–Kier alpha value is -3.35. The number of nitrogens with one attached hydrogen (secondary N) is 1. The molecule has 2 N–H and O–H groups in total. The van der Waals surface area contributed by atoms with Crippen molar-refractivity contribution in [1.82, 2.24) is 10.2 Å². The van der Waals surface area contributed by atoms with Crippen molar-refractivity contribution in [3.63, 3.8) is 0 Å². The number of amides is 2. The molecular weight excluding hydrogens is 432 g/mol. The van der Waals surface area contributed by atoms with Gasteiger partial charge in [0.25, 0.3) is 0 Å². The number of carbonyl (C=O) groups excluding carboxylic acids is 2. The Bertz CT molecular complexity index is 961. The molecule has 0 spiro atoms. The summed E-state index contributed by atoms with van der Waals surface area (Å²) in [5, 5.41) is 11.6. The molecule has 3 rings (SSSR count). The third-order valence-corrected chi connectivity index (χ3v) is 6.27. The highest BCUT2D eigenvalue weighted by atomic mass is 16.5. The van der Waals surface area contributed by atoms with Gasteiger partial charge in [0.1, 0.15) is 12.6 Å². The second kappa shape index (κ2) is 12.2. The zero-order valence-corrected chi connectivity index (χ0v) is 20.0. The Kier molecular flexibility index (Phi) is 9.08. The van der Waals surface area contributed by atoms with Crippen LogP contribution in [0.5, 0.6) is 0 Å². The number of benzene rings is 2. The molecule has 1 aliphatic rings. The number of alkyl carbamates (subject to hydrolysis) is 1. The number of carboxylic acid groups (broad SMARTS) is 1. The van der Waals surface area contributed by atoms with Gasteiger partial charge in [-0.05, 0) is 48.4 Å². The van der Waals surface area contributed by atoms with E-state index in [0.29, 0.717) is 32.4 Å². The number of likely N-dealkylation sites (N-methyl/N-ethyl adjacent to an activating group) is 1. The molecule has 1 atom stereocenters. The first-order valence-corrected chi connectivity index (χ1v) is 12.1. The summed E-state index contributed by atoms with van der Waals surface area (Å²) in [6, 6.07) is 15.6. The van der Waals surface area contributed by atoms with Crippen molar-refractivity contribution < 1.29 is 24.2 Å². The van der Waals surface area contributed by atoms with Gasteiger partial charge in [0.2, 0.25) is 5.91 Å². The Labute approximate surface area is 201 Å². The monoisotopic (exact) mass is 466 g/mol. The van der Waals surface area contributed by atoms with Crippen molar-refractivity contribution in [3.05, 3.63) is 59.7 Å². The molecule has 0 radical (unpaired) electrons. The van der Waals surface area contributed by atoms with Crippen LogP contribution in [0.25, 0.3) is 11.1 Å². The molecule has 7 nitrogen and oxygen atoms in total. The van der Waals surface area contributed by atoms with Crippen LogP contribution in [0.3, 0.4) is 0 Å². The zero-order chi connectivity index (χ0) is 24.5. The molecule has 0 saturated carbocycles. The molecule has 182 valence electrons. The number of carboxylic acids is 1. The van der Waals surface area contributed by atoms with Gasteiger partial charge in [-0.15, -0.1) is 0 Å². The summed E-state index contributed by atoms with van der Waals surface area (Å²) in [4.78, 5) is 38.1. The standard InChI is InChI=1S/C27H34N2O5/c1-3-11-24(26(32)29(4-2)17-10-9-16-25(30)31)28-27(33)34-18-23-21-14-7-5-12-19(21)20-13-6-8-15-22(20)23/h5-8,12-15,23-24H,3-4,9-11,16-18H2,1-2H3,(H,28,33)(H,30,31)/t24-/m0/s1. The second-order valence-electron chi connectivity index (χ2n) is 8.58. The van der Waals surface area contributed by atoms with Crippen LogP contribution >= 0.6 is 0 Å². The quantitative estimate of drug-likeness (QED) is 0.438. The molecule has 2 amide bonds. The Balaban J connectivity index is 1.59. The van der Waals surface area contributed by atoms with E-state index < -0.39 is 18.1 Å². The molecule has 0 heterocycles. The summed E-state index contributed by atoms with van der Waals surface area (Å²) in [5.74, 6) is -1.04. The summed E-state index contributed by atoms with van der Waals surface area (Å²) >= 11 is 0. The average molecular weight is 467 g/mol. The minimum absolute atomic E-state index is 0.0418. The molecule has 0 saturated heterocycles. The van der Waals surface area contributed by atoms with Crippen LogP contribution in [-0.2, 0) is 14.3 Å². The van der Waals surface area contributed by atoms with Gasteiger partial charge in [-0.25, -0.2) is 4.79 Å². The van der Waals surface area contributed by atoms with Crippen molar-refractivity contribution >= 4 is 18.0 Å². The number of rotatable bonds is 12. The summed E-state index contributed by atoms with van der Waals surface area (Å²) in [5.41, 5.74) is 4.59. The molecule has 0 aliphatic heterocycles. The van der Waals surface area contributed by atoms with E-state index in [1.54, 1.807) is 4.90 Å². The van der Waals surface area contributed by atoms with Crippen molar-refractivity contribution in [1.29, 1.82) is 0 Å². The zero-order valence-electron chi connectivity index (χ0n) is 20.0. The maximum absolute atomic E-state index is 13.1. The number of fused-ring (bicyclic) bond motifs is 3. The van der Waals surface area contributed by atoms with Crippen molar-refractivity contribution in [3.8, 4) is 11.1 Å². The second-order valence-corrected chi connectivity index (χ2v) is 8.58. The van der Waals surface area contributed by atoms with Gasteiger partial charge in [-0.2, -0.15) is 0 Å². The van der Waals surface area contributed by atoms with Crippen molar-refractivity contribution in [2.75, 3.05) is 19.7 Å². The lowest BCUT2D eigenvalue weighted by Crippen LogP contribution is -2.49. The minimum atomic E-state index is -0.838. The van der Waals surface area contributed by atoms with E-state index in [0.717, 1.165) is 28.7 Å². The fourth-order valence-corrected chi connectivity index (χ4v) is 4.55. The normalized spacial score (nSPS) is 13.0. The molecule has 0 aromatic heterocycles. The van der Waals surface area contributed by atoms with Gasteiger partial charge in [-0.3, -0.25) is 9.59 Å². The summed E-state index contributed by atoms with van der Waals surface area (Å²) in [6.07, 6.45) is 1.84. The maximum Gasteiger partial charge on any atom is 0.407 e. The molecule has 34 heavy (non-hydrogen) atoms. The van der Waals surface area contributed by atoms with Crippen LogP contribution < -0.4 is 5.32 Å². The summed E-state index contributed by atoms with van der Waals surface area (Å²) in [6.45, 7) is 5.00. The van der Waals surface area contributed by atoms with Gasteiger partial charge in [0.05, 0.1) is 0 Å². The third kappa shape index (κ3) is 6.16. The summed E-state index contributed by atoms with van der Waals surface area (Å²) < 4.78 is 5.62. The largest absolute Gasteiger partial charge is 0.481 e. The lowest BCUT2D eigenvalue weighted by atomic mass is 9.98. The Morgan fingerprint density at radius 2 is 1.62 bits per heavy atom. The van der Waals surface area contributed by atoms with Crippen molar-refractivity contribution in [2.24, 2.45) is 0 Å². The first-order valence-electron chi connectivity index (χ1n) is 12.1. The highest BCUT2D eigenvalue weighted by molar-refractivity contribution is 5.86. The highest BCUT2D eigenvalue weighted by Gasteiger charge is 2.30. The van der Waals surface area contributed by atoms with E-state index in [9.17, 15) is 14.4 Å². The van der Waals surface area contributed by atoms with E-state index in [1.807, 2.05) is 38.1 Å². The van der Waals surface area contributed by atoms with Gasteiger partial charge in [0.15, 0.2) is 0 Å². The smallest absolute Gasteiger partial charge is 0.407 e. The van der Waals surface area contributed by atoms with Gasteiger partial charge < -0.3 is 20.1 Å². The van der Waals surface area contributed by atoms with Gasteiger partial charge in [-0.1, -0.05) is 61.9 Å². The molecule has 2 aromatic carbocycles. The Morgan fingerprint density at radius 1 is 1.00 bits per heavy atom. The molecule has 0 bridgehead atoms. The van der Waals surface area contributed by atoms with E-state index >= 15 is 0 Å². The number of hydrogen-bond donors (Lipinski definition) is 2. The van der Waals surface area contributed by atoms with E-state index in [1.165, 1.54) is 0 Å². The Morgan fingerprint density at radius 3 is 2.18 bits per heavy atom. The predicted octanol–water partition coefficient (Wildman–Crippen LogP) is 4.80. The SMILES string of the molecule is CCC[C@H](NC(=O)OCC1c2ccccc2-c2ccccc21)C(=O)N(CC)CCCCC(=O)O. The van der Waals surface area contributed by atoms with Crippen LogP contribution in [0.4, 0.5) is 4.79 Å². The fourth-order valence-electron chi connectivity index (χ4n) is 4.55. The average Bonchev–Trinajstić information content (AvgIpc) is 3.16. The summed E-state index contributed by atoms with van der Waals surface area (Å²) in [7, 11) is 0. The highest BCUT2D eigenvalue weighted by Crippen LogP contribution is 2.44. The van der Waals surface area contributed by atoms with Gasteiger partial charge in [0, 0.05) is 25.4 Å². The third-order valence-electron chi connectivity index (χ3n) is 6.27. The minimum Gasteiger partial charge on any atom is -0.481 e. The number of ether oxygens (including phenoxy) is 1. The molecule has 0 unspecified atom stereocenters. The van der Waals surface area contributed by atoms with E-state index in [2.05, 4.69) is 29.6 Å². The topological polar surface area (TPSA) is 95.9 Å². The van der Waals surface area contributed by atoms with Gasteiger partial charge >= 0.3 is 12.1 Å². The first kappa shape index (κ1) is 25.3. The number of hydrogen-bond acceptors (Lipinski definition) is 4. The van der Waals surface area contributed by atoms with Crippen LogP contribution in [-0.4, -0.2) is 53.7 Å². The fraction of sp³-hybridized carbons (Fsp3) is 0.444. The molecule has 7 heteroatoms. The predicted molar refractivity (Wildman–Crippen MR) is 131 cm³/mol. The van der Waals surface area contributed by atoms with Crippen molar-refractivity contribution in [2.45, 2.75) is 57.9 Å². The van der Waals surface area contributed by atoms with E-state index in [4.69, 9.17) is 9.84 Å². The number of unbranched alkanes of at least 4 members (excludes halogenated alkanes) is 1. The number of aliphatic carboxylic acids is 1. The number of carbonyl (C=O) groups is 3. The number of nitrogens with zero attached hydrogens (tertiary/aromatic N) is 1. The lowest BCUT2D eigenvalue weighted by Gasteiger charge is -2.27. The maximum atomic E-state index is 13.1. The lowest BCUT2D eigenvalue weighted by molar-refractivity contribution is -0.137. The first-order chi connectivity index (χ1) is 16.5. The van der Waals surface area contributed by atoms with Crippen LogP contribution in [0.15, 0.2) is 48.5 Å². The molecular formula is C27H34N2O5. The van der Waals surface area contributed by atoms with E-state index in [-0.39, 0.29) is 24.9 Å². The molecule has 0 fully saturated rings.